The number of rotatable bonds is 9. The van der Waals surface area contributed by atoms with Gasteiger partial charge in [0.05, 0.1) is 19.8 Å². The van der Waals surface area contributed by atoms with Crippen molar-refractivity contribution in [1.82, 2.24) is 0 Å². The minimum Gasteiger partial charge on any atom is -0.391 e. The van der Waals surface area contributed by atoms with Gasteiger partial charge in [0.2, 0.25) is 0 Å². The summed E-state index contributed by atoms with van der Waals surface area (Å²) in [4.78, 5) is 0. The molecule has 0 saturated carbocycles. The van der Waals surface area contributed by atoms with E-state index in [-0.39, 0.29) is 19.3 Å². The van der Waals surface area contributed by atoms with Gasteiger partial charge in [-0.05, 0) is 18.1 Å². The first-order valence-corrected chi connectivity index (χ1v) is 8.04. The predicted octanol–water partition coefficient (Wildman–Crippen LogP) is 1.02. The third-order valence-electron chi connectivity index (χ3n) is 3.71. The van der Waals surface area contributed by atoms with Gasteiger partial charge in [-0.2, -0.15) is 0 Å². The molecule has 0 aromatic heterocycles. The molecule has 0 bridgehead atoms. The van der Waals surface area contributed by atoms with Crippen LogP contribution in [0.3, 0.4) is 0 Å². The second-order valence-electron chi connectivity index (χ2n) is 5.73. The van der Waals surface area contributed by atoms with Crippen LogP contribution in [0.1, 0.15) is 22.8 Å². The lowest BCUT2D eigenvalue weighted by molar-refractivity contribution is -0.662. The molecule has 2 atom stereocenters. The molecule has 23 heavy (non-hydrogen) atoms. The fraction of sp³-hybridized carbons (Fsp3) is 0.368. The first-order chi connectivity index (χ1) is 11.2. The lowest BCUT2D eigenvalue weighted by atomic mass is 10.0. The van der Waals surface area contributed by atoms with Crippen LogP contribution in [0, 0.1) is 6.92 Å². The van der Waals surface area contributed by atoms with Crippen LogP contribution in [0.4, 0.5) is 0 Å². The van der Waals surface area contributed by atoms with E-state index in [1.54, 1.807) is 0 Å². The highest BCUT2D eigenvalue weighted by atomic mass is 16.5. The Labute approximate surface area is 137 Å². The highest BCUT2D eigenvalue weighted by Crippen LogP contribution is 2.26. The Morgan fingerprint density at radius 3 is 2.30 bits per heavy atom. The van der Waals surface area contributed by atoms with E-state index in [1.807, 2.05) is 35.6 Å². The fourth-order valence-corrected chi connectivity index (χ4v) is 2.43. The second-order valence-corrected chi connectivity index (χ2v) is 5.73. The zero-order valence-electron chi connectivity index (χ0n) is 13.6. The van der Waals surface area contributed by atoms with Gasteiger partial charge in [0, 0.05) is 0 Å². The molecule has 0 fully saturated rings. The fourth-order valence-electron chi connectivity index (χ4n) is 2.43. The van der Waals surface area contributed by atoms with E-state index in [2.05, 4.69) is 31.2 Å². The minimum absolute atomic E-state index is 0.115. The van der Waals surface area contributed by atoms with Crippen molar-refractivity contribution in [2.24, 2.45) is 0 Å². The van der Waals surface area contributed by atoms with Gasteiger partial charge in [0.25, 0.3) is 0 Å². The van der Waals surface area contributed by atoms with Crippen molar-refractivity contribution in [3.8, 4) is 0 Å². The molecule has 0 heterocycles. The molecule has 0 spiro atoms. The van der Waals surface area contributed by atoms with E-state index in [9.17, 15) is 5.11 Å². The van der Waals surface area contributed by atoms with Crippen LogP contribution in [-0.2, 0) is 4.74 Å². The number of aliphatic hydroxyl groups excluding tert-OH is 2. The van der Waals surface area contributed by atoms with Crippen LogP contribution in [0.25, 0.3) is 0 Å². The van der Waals surface area contributed by atoms with Crippen molar-refractivity contribution in [1.29, 1.82) is 0 Å². The molecule has 4 N–H and O–H groups in total. The van der Waals surface area contributed by atoms with Crippen LogP contribution in [0.15, 0.2) is 54.6 Å². The Morgan fingerprint density at radius 2 is 1.65 bits per heavy atom. The largest absolute Gasteiger partial charge is 0.391 e. The van der Waals surface area contributed by atoms with E-state index in [1.165, 1.54) is 5.56 Å². The second kappa shape index (κ2) is 9.43. The Balaban J connectivity index is 2.04. The zero-order valence-corrected chi connectivity index (χ0v) is 13.6. The van der Waals surface area contributed by atoms with Crippen molar-refractivity contribution in [3.05, 3.63) is 71.3 Å². The summed E-state index contributed by atoms with van der Waals surface area (Å²) < 4.78 is 6.01. The van der Waals surface area contributed by atoms with E-state index in [0.717, 1.165) is 11.1 Å². The topological polar surface area (TPSA) is 66.3 Å². The number of quaternary nitrogens is 1. The Morgan fingerprint density at radius 1 is 1.00 bits per heavy atom. The number of hydrogen-bond acceptors (Lipinski definition) is 3. The van der Waals surface area contributed by atoms with Gasteiger partial charge in [0.1, 0.15) is 18.8 Å². The molecule has 0 amide bonds. The molecule has 0 unspecified atom stereocenters. The zero-order chi connectivity index (χ0) is 16.5. The number of aryl methyl sites for hydroxylation is 1. The molecular formula is C19H26NO3+. The highest BCUT2D eigenvalue weighted by molar-refractivity contribution is 5.31. The maximum Gasteiger partial charge on any atom is 0.126 e. The molecule has 4 heteroatoms. The molecule has 0 radical (unpaired) electrons. The quantitative estimate of drug-likeness (QED) is 0.605. The summed E-state index contributed by atoms with van der Waals surface area (Å²) in [6.45, 7) is 3.55. The minimum atomic E-state index is -0.557. The summed E-state index contributed by atoms with van der Waals surface area (Å²) in [5.74, 6) is 0. The van der Waals surface area contributed by atoms with Crippen LogP contribution in [-0.4, -0.2) is 42.6 Å². The normalized spacial score (nSPS) is 13.7. The Bertz CT molecular complexity index is 557. The summed E-state index contributed by atoms with van der Waals surface area (Å²) in [5, 5.41) is 20.7. The van der Waals surface area contributed by atoms with Gasteiger partial charge in [-0.3, -0.25) is 0 Å². The molecule has 2 aromatic carbocycles. The van der Waals surface area contributed by atoms with Crippen molar-refractivity contribution in [2.75, 3.05) is 26.3 Å². The summed E-state index contributed by atoms with van der Waals surface area (Å²) in [6.07, 6.45) is -0.748. The molecule has 0 aliphatic heterocycles. The average Bonchev–Trinajstić information content (AvgIpc) is 2.58. The predicted molar refractivity (Wildman–Crippen MR) is 90.2 cm³/mol. The highest BCUT2D eigenvalue weighted by Gasteiger charge is 2.17. The van der Waals surface area contributed by atoms with Gasteiger partial charge in [-0.1, -0.05) is 60.2 Å². The molecular weight excluding hydrogens is 290 g/mol. The summed E-state index contributed by atoms with van der Waals surface area (Å²) >= 11 is 0. The Hall–Kier alpha value is -1.72. The maximum atomic E-state index is 10.0. The number of benzene rings is 2. The standard InChI is InChI=1S/C19H25NO3/c1-15-7-9-17(10-8-15)19(16-5-3-2-4-6-16)23-14-18(22)13-20-11-12-21/h2-10,18-22H,11-14H2,1H3/p+1/t18-,19+/m1/s1. The van der Waals surface area contributed by atoms with Gasteiger partial charge in [-0.15, -0.1) is 0 Å². The van der Waals surface area contributed by atoms with Crippen molar-refractivity contribution < 1.29 is 20.3 Å². The van der Waals surface area contributed by atoms with Crippen LogP contribution in [0.5, 0.6) is 0 Å². The number of aliphatic hydroxyl groups is 2. The lowest BCUT2D eigenvalue weighted by Crippen LogP contribution is -2.87. The van der Waals surface area contributed by atoms with Crippen molar-refractivity contribution >= 4 is 0 Å². The number of nitrogens with two attached hydrogens (primary N) is 1. The van der Waals surface area contributed by atoms with E-state index >= 15 is 0 Å². The number of hydrogen-bond donors (Lipinski definition) is 3. The third-order valence-corrected chi connectivity index (χ3v) is 3.71. The third kappa shape index (κ3) is 5.77. The molecule has 0 aliphatic rings. The number of ether oxygens (including phenoxy) is 1. The van der Waals surface area contributed by atoms with Gasteiger partial charge in [-0.25, -0.2) is 0 Å². The molecule has 0 aliphatic carbocycles. The van der Waals surface area contributed by atoms with Crippen LogP contribution < -0.4 is 5.32 Å². The monoisotopic (exact) mass is 316 g/mol. The maximum absolute atomic E-state index is 10.0. The van der Waals surface area contributed by atoms with E-state index in [0.29, 0.717) is 13.1 Å². The lowest BCUT2D eigenvalue weighted by Gasteiger charge is -2.21. The van der Waals surface area contributed by atoms with E-state index in [4.69, 9.17) is 9.84 Å². The SMILES string of the molecule is Cc1ccc([C@@H](OC[C@H](O)C[NH2+]CCO)c2ccccc2)cc1. The van der Waals surface area contributed by atoms with Gasteiger partial charge < -0.3 is 20.3 Å². The Kier molecular flexibility index (Phi) is 7.23. The van der Waals surface area contributed by atoms with Crippen LogP contribution >= 0.6 is 0 Å². The smallest absolute Gasteiger partial charge is 0.126 e. The molecule has 0 saturated heterocycles. The molecule has 2 aromatic rings. The molecule has 124 valence electrons. The van der Waals surface area contributed by atoms with E-state index < -0.39 is 6.10 Å². The summed E-state index contributed by atoms with van der Waals surface area (Å²) in [7, 11) is 0. The van der Waals surface area contributed by atoms with Gasteiger partial charge in [0.15, 0.2) is 0 Å². The first kappa shape index (κ1) is 17.6. The molecule has 4 nitrogen and oxygen atoms in total. The van der Waals surface area contributed by atoms with Crippen molar-refractivity contribution in [3.63, 3.8) is 0 Å². The van der Waals surface area contributed by atoms with Gasteiger partial charge >= 0.3 is 0 Å². The average molecular weight is 316 g/mol. The summed E-state index contributed by atoms with van der Waals surface area (Å²) in [5.41, 5.74) is 3.36. The first-order valence-electron chi connectivity index (χ1n) is 8.04. The summed E-state index contributed by atoms with van der Waals surface area (Å²) in [6, 6.07) is 18.3. The molecule has 2 rings (SSSR count). The van der Waals surface area contributed by atoms with Crippen LogP contribution in [0.2, 0.25) is 0 Å². The van der Waals surface area contributed by atoms with Crippen molar-refractivity contribution in [2.45, 2.75) is 19.1 Å².